The average molecular weight is 264 g/mol. The molecule has 0 aliphatic carbocycles. The first kappa shape index (κ1) is 13.7. The highest BCUT2D eigenvalue weighted by Crippen LogP contribution is 2.26. The lowest BCUT2D eigenvalue weighted by Crippen LogP contribution is -2.30. The largest absolute Gasteiger partial charge is 0.477 e. The Morgan fingerprint density at radius 1 is 1.37 bits per heavy atom. The third kappa shape index (κ3) is 3.20. The van der Waals surface area contributed by atoms with Gasteiger partial charge in [0.05, 0.1) is 0 Å². The van der Waals surface area contributed by atoms with Gasteiger partial charge in [-0.2, -0.15) is 0 Å². The van der Waals surface area contributed by atoms with Crippen molar-refractivity contribution in [2.45, 2.75) is 18.8 Å². The van der Waals surface area contributed by atoms with Crippen LogP contribution in [0.3, 0.4) is 0 Å². The Morgan fingerprint density at radius 2 is 2.00 bits per heavy atom. The van der Waals surface area contributed by atoms with E-state index in [9.17, 15) is 4.79 Å². The van der Waals surface area contributed by atoms with Crippen LogP contribution in [0.25, 0.3) is 0 Å². The second-order valence-corrected chi connectivity index (χ2v) is 5.25. The molecule has 1 fully saturated rings. The maximum absolute atomic E-state index is 11.1. The highest BCUT2D eigenvalue weighted by atomic mass is 16.4. The number of likely N-dealkylation sites (tertiary alicyclic amines) is 1. The van der Waals surface area contributed by atoms with Gasteiger partial charge in [-0.05, 0) is 33.0 Å². The summed E-state index contributed by atoms with van der Waals surface area (Å²) in [5.41, 5.74) is 0.0765. The molecule has 1 aromatic heterocycles. The van der Waals surface area contributed by atoms with Crippen LogP contribution in [0, 0.1) is 0 Å². The summed E-state index contributed by atoms with van der Waals surface area (Å²) in [5.74, 6) is 0.576. The smallest absolute Gasteiger partial charge is 0.354 e. The molecule has 0 bridgehead atoms. The van der Waals surface area contributed by atoms with Gasteiger partial charge in [-0.3, -0.25) is 0 Å². The zero-order valence-corrected chi connectivity index (χ0v) is 11.6. The summed E-state index contributed by atoms with van der Waals surface area (Å²) >= 11 is 0. The minimum absolute atomic E-state index is 0.0765. The van der Waals surface area contributed by atoms with Gasteiger partial charge in [0.25, 0.3) is 0 Å². The van der Waals surface area contributed by atoms with Crippen molar-refractivity contribution in [2.75, 3.05) is 39.1 Å². The predicted molar refractivity (Wildman–Crippen MR) is 72.8 cm³/mol. The number of aromatic nitrogens is 2. The summed E-state index contributed by atoms with van der Waals surface area (Å²) in [6.45, 7) is 2.01. The summed E-state index contributed by atoms with van der Waals surface area (Å²) in [5, 5.41) is 9.14. The summed E-state index contributed by atoms with van der Waals surface area (Å²) in [6.07, 6.45) is 1.96. The van der Waals surface area contributed by atoms with Crippen LogP contribution in [0.2, 0.25) is 0 Å². The van der Waals surface area contributed by atoms with Gasteiger partial charge >= 0.3 is 5.97 Å². The van der Waals surface area contributed by atoms with Crippen molar-refractivity contribution in [3.8, 4) is 0 Å². The van der Waals surface area contributed by atoms with Gasteiger partial charge in [-0.15, -0.1) is 0 Å². The Balaban J connectivity index is 2.31. The molecule has 0 radical (unpaired) electrons. The highest BCUT2D eigenvalue weighted by molar-refractivity contribution is 5.86. The lowest BCUT2D eigenvalue weighted by Gasteiger charge is -2.28. The minimum atomic E-state index is -1.00. The Labute approximate surface area is 113 Å². The van der Waals surface area contributed by atoms with E-state index in [1.165, 1.54) is 6.07 Å². The van der Waals surface area contributed by atoms with Crippen LogP contribution in [-0.4, -0.2) is 60.2 Å². The van der Waals surface area contributed by atoms with E-state index in [0.29, 0.717) is 11.6 Å². The van der Waals surface area contributed by atoms with Gasteiger partial charge in [-0.1, -0.05) is 0 Å². The van der Waals surface area contributed by atoms with Crippen molar-refractivity contribution in [1.29, 1.82) is 0 Å². The summed E-state index contributed by atoms with van der Waals surface area (Å²) < 4.78 is 0. The number of piperidine rings is 1. The number of aromatic carboxylic acids is 1. The number of carbonyl (C=O) groups is 1. The molecule has 0 saturated carbocycles. The van der Waals surface area contributed by atoms with E-state index in [4.69, 9.17) is 5.11 Å². The van der Waals surface area contributed by atoms with Gasteiger partial charge in [0, 0.05) is 26.1 Å². The maximum Gasteiger partial charge on any atom is 0.354 e. The van der Waals surface area contributed by atoms with Crippen LogP contribution in [0.5, 0.6) is 0 Å². The third-order valence-corrected chi connectivity index (χ3v) is 3.49. The molecule has 0 unspecified atom stereocenters. The zero-order chi connectivity index (χ0) is 14.0. The van der Waals surface area contributed by atoms with E-state index in [1.807, 2.05) is 19.0 Å². The molecule has 1 saturated heterocycles. The minimum Gasteiger partial charge on any atom is -0.477 e. The Morgan fingerprint density at radius 3 is 2.53 bits per heavy atom. The number of carboxylic acids is 1. The lowest BCUT2D eigenvalue weighted by atomic mass is 9.96. The molecule has 1 aliphatic heterocycles. The second-order valence-electron chi connectivity index (χ2n) is 5.25. The Hall–Kier alpha value is -1.69. The van der Waals surface area contributed by atoms with Gasteiger partial charge in [0.2, 0.25) is 0 Å². The molecule has 2 rings (SSSR count). The topological polar surface area (TPSA) is 69.6 Å². The summed E-state index contributed by atoms with van der Waals surface area (Å²) in [4.78, 5) is 23.9. The van der Waals surface area contributed by atoms with Crippen molar-refractivity contribution >= 4 is 11.8 Å². The van der Waals surface area contributed by atoms with E-state index in [1.54, 1.807) is 0 Å². The first-order valence-corrected chi connectivity index (χ1v) is 6.45. The molecule has 19 heavy (non-hydrogen) atoms. The van der Waals surface area contributed by atoms with Crippen molar-refractivity contribution < 1.29 is 9.90 Å². The van der Waals surface area contributed by atoms with Crippen molar-refractivity contribution in [3.63, 3.8) is 0 Å². The fourth-order valence-electron chi connectivity index (χ4n) is 2.24. The molecule has 6 heteroatoms. The average Bonchev–Trinajstić information content (AvgIpc) is 2.39. The Kier molecular flexibility index (Phi) is 3.99. The van der Waals surface area contributed by atoms with Crippen LogP contribution in [0.15, 0.2) is 6.07 Å². The number of anilines is 1. The summed E-state index contributed by atoms with van der Waals surface area (Å²) in [6, 6.07) is 1.51. The molecule has 1 aromatic rings. The van der Waals surface area contributed by atoms with E-state index < -0.39 is 5.97 Å². The van der Waals surface area contributed by atoms with Crippen LogP contribution in [0.1, 0.15) is 35.1 Å². The number of hydrogen-bond acceptors (Lipinski definition) is 5. The summed E-state index contributed by atoms with van der Waals surface area (Å²) in [7, 11) is 5.80. The zero-order valence-electron chi connectivity index (χ0n) is 11.6. The van der Waals surface area contributed by atoms with Crippen LogP contribution < -0.4 is 4.90 Å². The van der Waals surface area contributed by atoms with E-state index in [0.717, 1.165) is 25.9 Å². The van der Waals surface area contributed by atoms with Crippen molar-refractivity contribution in [1.82, 2.24) is 14.9 Å². The predicted octanol–water partition coefficient (Wildman–Crippen LogP) is 1.05. The third-order valence-electron chi connectivity index (χ3n) is 3.49. The number of carboxylic acid groups (broad SMARTS) is 1. The first-order valence-electron chi connectivity index (χ1n) is 6.45. The van der Waals surface area contributed by atoms with E-state index >= 15 is 0 Å². The van der Waals surface area contributed by atoms with Gasteiger partial charge < -0.3 is 14.9 Å². The van der Waals surface area contributed by atoms with E-state index in [2.05, 4.69) is 21.9 Å². The fourth-order valence-corrected chi connectivity index (χ4v) is 2.24. The molecule has 0 atom stereocenters. The number of nitrogens with zero attached hydrogens (tertiary/aromatic N) is 4. The molecule has 0 amide bonds. The molecule has 1 aliphatic rings. The quantitative estimate of drug-likeness (QED) is 0.880. The monoisotopic (exact) mass is 264 g/mol. The standard InChI is InChI=1S/C13H20N4O2/c1-16(2)11-8-10(13(18)19)14-12(15-11)9-4-6-17(3)7-5-9/h8-9H,4-7H2,1-3H3,(H,18,19). The van der Waals surface area contributed by atoms with Crippen LogP contribution >= 0.6 is 0 Å². The van der Waals surface area contributed by atoms with E-state index in [-0.39, 0.29) is 11.6 Å². The van der Waals surface area contributed by atoms with Gasteiger partial charge in [0.1, 0.15) is 11.6 Å². The molecule has 0 spiro atoms. The first-order chi connectivity index (χ1) is 8.97. The molecule has 6 nitrogen and oxygen atoms in total. The molecule has 1 N–H and O–H groups in total. The molecular weight excluding hydrogens is 244 g/mol. The van der Waals surface area contributed by atoms with Crippen molar-refractivity contribution in [2.24, 2.45) is 0 Å². The molecular formula is C13H20N4O2. The SMILES string of the molecule is CN1CCC(c2nc(C(=O)O)cc(N(C)C)n2)CC1. The molecule has 2 heterocycles. The van der Waals surface area contributed by atoms with Crippen LogP contribution in [0.4, 0.5) is 5.82 Å². The van der Waals surface area contributed by atoms with Gasteiger partial charge in [0.15, 0.2) is 5.69 Å². The number of rotatable bonds is 3. The second kappa shape index (κ2) is 5.52. The molecule has 104 valence electrons. The fraction of sp³-hybridized carbons (Fsp3) is 0.615. The normalized spacial score (nSPS) is 17.4. The van der Waals surface area contributed by atoms with Gasteiger partial charge in [-0.25, -0.2) is 14.8 Å². The lowest BCUT2D eigenvalue weighted by molar-refractivity contribution is 0.0689. The molecule has 0 aromatic carbocycles. The van der Waals surface area contributed by atoms with Crippen LogP contribution in [-0.2, 0) is 0 Å². The maximum atomic E-state index is 11.1. The number of hydrogen-bond donors (Lipinski definition) is 1. The highest BCUT2D eigenvalue weighted by Gasteiger charge is 2.23. The Bertz CT molecular complexity index is 468. The van der Waals surface area contributed by atoms with Crippen molar-refractivity contribution in [3.05, 3.63) is 17.6 Å².